The van der Waals surface area contributed by atoms with Gasteiger partial charge < -0.3 is 15.0 Å². The highest BCUT2D eigenvalue weighted by Crippen LogP contribution is 2.41. The summed E-state index contributed by atoms with van der Waals surface area (Å²) in [6, 6.07) is 0. The standard InChI is InChI=1S/C11H20N2O2/c1-3-15-11-8-4-9(11)7-13(6-8)10(14)5-12-2/h8-9,11-12H,3-7H2,1-2H3/t8-,9-/m0/s1. The Bertz CT molecular complexity index is 233. The Morgan fingerprint density at radius 2 is 2.13 bits per heavy atom. The van der Waals surface area contributed by atoms with Crippen LogP contribution in [0.15, 0.2) is 0 Å². The Hall–Kier alpha value is -0.610. The highest BCUT2D eigenvalue weighted by atomic mass is 16.5. The smallest absolute Gasteiger partial charge is 0.236 e. The highest BCUT2D eigenvalue weighted by molar-refractivity contribution is 5.78. The molecule has 2 atom stereocenters. The fourth-order valence-corrected chi connectivity index (χ4v) is 2.77. The number of likely N-dealkylation sites (N-methyl/N-ethyl adjacent to an activating group) is 1. The molecule has 0 spiro atoms. The Morgan fingerprint density at radius 3 is 2.67 bits per heavy atom. The van der Waals surface area contributed by atoms with Crippen molar-refractivity contribution in [1.29, 1.82) is 0 Å². The Kier molecular flexibility index (Phi) is 3.26. The summed E-state index contributed by atoms with van der Waals surface area (Å²) in [6.45, 7) is 5.07. The van der Waals surface area contributed by atoms with Crippen molar-refractivity contribution in [1.82, 2.24) is 10.2 Å². The minimum Gasteiger partial charge on any atom is -0.378 e. The van der Waals surface area contributed by atoms with Gasteiger partial charge in [-0.2, -0.15) is 0 Å². The molecule has 1 aliphatic carbocycles. The molecular weight excluding hydrogens is 192 g/mol. The summed E-state index contributed by atoms with van der Waals surface area (Å²) in [7, 11) is 1.81. The monoisotopic (exact) mass is 212 g/mol. The second-order valence-electron chi connectivity index (χ2n) is 4.50. The van der Waals surface area contributed by atoms with Crippen LogP contribution in [-0.4, -0.2) is 50.2 Å². The third kappa shape index (κ3) is 2.01. The lowest BCUT2D eigenvalue weighted by molar-refractivity contribution is -0.160. The van der Waals surface area contributed by atoms with Gasteiger partial charge in [-0.05, 0) is 20.4 Å². The van der Waals surface area contributed by atoms with E-state index in [-0.39, 0.29) is 5.91 Å². The molecule has 2 saturated heterocycles. The van der Waals surface area contributed by atoms with Crippen molar-refractivity contribution in [3.8, 4) is 0 Å². The van der Waals surface area contributed by atoms with E-state index in [0.29, 0.717) is 24.5 Å². The number of ether oxygens (including phenoxy) is 1. The second kappa shape index (κ2) is 4.49. The van der Waals surface area contributed by atoms with Crippen LogP contribution in [0.4, 0.5) is 0 Å². The topological polar surface area (TPSA) is 41.6 Å². The first-order valence-corrected chi connectivity index (χ1v) is 5.80. The van der Waals surface area contributed by atoms with Gasteiger partial charge in [0.2, 0.25) is 5.91 Å². The number of nitrogens with zero attached hydrogens (tertiary/aromatic N) is 1. The number of carbonyl (C=O) groups is 1. The zero-order chi connectivity index (χ0) is 10.8. The Labute approximate surface area is 91.0 Å². The van der Waals surface area contributed by atoms with Gasteiger partial charge >= 0.3 is 0 Å². The number of carbonyl (C=O) groups excluding carboxylic acids is 1. The van der Waals surface area contributed by atoms with Gasteiger partial charge in [0.05, 0.1) is 12.6 Å². The number of hydrogen-bond acceptors (Lipinski definition) is 3. The van der Waals surface area contributed by atoms with Gasteiger partial charge in [0.1, 0.15) is 0 Å². The second-order valence-corrected chi connectivity index (χ2v) is 4.50. The third-order valence-corrected chi connectivity index (χ3v) is 3.48. The van der Waals surface area contributed by atoms with E-state index in [4.69, 9.17) is 4.74 Å². The summed E-state index contributed by atoms with van der Waals surface area (Å²) in [5.41, 5.74) is 0. The van der Waals surface area contributed by atoms with Crippen LogP contribution in [0.2, 0.25) is 0 Å². The maximum atomic E-state index is 11.7. The molecular formula is C11H20N2O2. The van der Waals surface area contributed by atoms with E-state index >= 15 is 0 Å². The van der Waals surface area contributed by atoms with Crippen LogP contribution in [0, 0.1) is 11.8 Å². The zero-order valence-electron chi connectivity index (χ0n) is 9.53. The molecule has 1 N–H and O–H groups in total. The molecule has 0 aromatic heterocycles. The van der Waals surface area contributed by atoms with Crippen molar-refractivity contribution in [2.75, 3.05) is 33.3 Å². The summed E-state index contributed by atoms with van der Waals surface area (Å²) >= 11 is 0. The van der Waals surface area contributed by atoms with Crippen LogP contribution in [0.3, 0.4) is 0 Å². The molecule has 4 nitrogen and oxygen atoms in total. The van der Waals surface area contributed by atoms with E-state index < -0.39 is 0 Å². The summed E-state index contributed by atoms with van der Waals surface area (Å²) in [5.74, 6) is 1.40. The first-order chi connectivity index (χ1) is 7.26. The van der Waals surface area contributed by atoms with Crippen LogP contribution < -0.4 is 5.32 Å². The largest absolute Gasteiger partial charge is 0.378 e. The molecule has 0 unspecified atom stereocenters. The molecule has 3 fully saturated rings. The molecule has 3 aliphatic rings. The minimum absolute atomic E-state index is 0.224. The molecule has 2 bridgehead atoms. The minimum atomic E-state index is 0.224. The lowest BCUT2D eigenvalue weighted by atomic mass is 9.68. The first kappa shape index (κ1) is 10.9. The lowest BCUT2D eigenvalue weighted by Crippen LogP contribution is -2.61. The predicted octanol–water partition coefficient (Wildman–Crippen LogP) is 0.0892. The summed E-state index contributed by atoms with van der Waals surface area (Å²) in [4.78, 5) is 13.6. The average Bonchev–Trinajstić information content (AvgIpc) is 2.26. The molecule has 0 aromatic rings. The van der Waals surface area contributed by atoms with Crippen molar-refractivity contribution >= 4 is 5.91 Å². The highest BCUT2D eigenvalue weighted by Gasteiger charge is 2.48. The fraction of sp³-hybridized carbons (Fsp3) is 0.909. The van der Waals surface area contributed by atoms with Crippen LogP contribution in [-0.2, 0) is 9.53 Å². The summed E-state index contributed by atoms with van der Waals surface area (Å²) in [6.07, 6.45) is 1.67. The van der Waals surface area contributed by atoms with E-state index in [2.05, 4.69) is 5.32 Å². The number of fused-ring (bicyclic) bond motifs is 2. The van der Waals surface area contributed by atoms with Gasteiger partial charge in [0, 0.05) is 31.5 Å². The van der Waals surface area contributed by atoms with E-state index in [9.17, 15) is 4.79 Å². The molecule has 1 amide bonds. The normalized spacial score (nSPS) is 33.7. The van der Waals surface area contributed by atoms with Crippen molar-refractivity contribution in [3.63, 3.8) is 0 Å². The maximum absolute atomic E-state index is 11.7. The van der Waals surface area contributed by atoms with Crippen LogP contribution in [0.5, 0.6) is 0 Å². The third-order valence-electron chi connectivity index (χ3n) is 3.48. The van der Waals surface area contributed by atoms with E-state index in [1.54, 1.807) is 0 Å². The van der Waals surface area contributed by atoms with E-state index in [0.717, 1.165) is 19.7 Å². The molecule has 2 heterocycles. The van der Waals surface area contributed by atoms with Crippen molar-refractivity contribution in [2.45, 2.75) is 19.4 Å². The molecule has 0 radical (unpaired) electrons. The van der Waals surface area contributed by atoms with Gasteiger partial charge in [0.15, 0.2) is 0 Å². The lowest BCUT2D eigenvalue weighted by Gasteiger charge is -2.53. The zero-order valence-corrected chi connectivity index (χ0v) is 9.53. The van der Waals surface area contributed by atoms with Gasteiger partial charge in [-0.3, -0.25) is 4.79 Å². The van der Waals surface area contributed by atoms with Crippen LogP contribution in [0.25, 0.3) is 0 Å². The van der Waals surface area contributed by atoms with Gasteiger partial charge in [-0.15, -0.1) is 0 Å². The van der Waals surface area contributed by atoms with Gasteiger partial charge in [0.25, 0.3) is 0 Å². The SMILES string of the molecule is CCOC1[C@H]2C[C@H]1CN(C(=O)CNC)C2. The van der Waals surface area contributed by atoms with Gasteiger partial charge in [-0.1, -0.05) is 0 Å². The number of amides is 1. The maximum Gasteiger partial charge on any atom is 0.236 e. The predicted molar refractivity (Wildman–Crippen MR) is 57.5 cm³/mol. The van der Waals surface area contributed by atoms with Crippen molar-refractivity contribution in [3.05, 3.63) is 0 Å². The summed E-state index contributed by atoms with van der Waals surface area (Å²) in [5, 5.41) is 2.91. The van der Waals surface area contributed by atoms with E-state index in [1.165, 1.54) is 6.42 Å². The quantitative estimate of drug-likeness (QED) is 0.718. The molecule has 86 valence electrons. The van der Waals surface area contributed by atoms with Crippen LogP contribution in [0.1, 0.15) is 13.3 Å². The molecule has 3 rings (SSSR count). The summed E-state index contributed by atoms with van der Waals surface area (Å²) < 4.78 is 5.68. The van der Waals surface area contributed by atoms with Crippen molar-refractivity contribution in [2.24, 2.45) is 11.8 Å². The molecule has 15 heavy (non-hydrogen) atoms. The molecule has 4 heteroatoms. The Balaban J connectivity index is 1.84. The number of nitrogens with one attached hydrogen (secondary N) is 1. The number of piperidine rings is 2. The number of rotatable bonds is 4. The first-order valence-electron chi connectivity index (χ1n) is 5.80. The average molecular weight is 212 g/mol. The van der Waals surface area contributed by atoms with Crippen LogP contribution >= 0.6 is 0 Å². The molecule has 2 aliphatic heterocycles. The Morgan fingerprint density at radius 1 is 1.47 bits per heavy atom. The number of hydrogen-bond donors (Lipinski definition) is 1. The van der Waals surface area contributed by atoms with Crippen molar-refractivity contribution < 1.29 is 9.53 Å². The fourth-order valence-electron chi connectivity index (χ4n) is 2.77. The molecule has 1 saturated carbocycles. The molecule has 0 aromatic carbocycles. The van der Waals surface area contributed by atoms with Gasteiger partial charge in [-0.25, -0.2) is 0 Å². The van der Waals surface area contributed by atoms with E-state index in [1.807, 2.05) is 18.9 Å².